The highest BCUT2D eigenvalue weighted by Crippen LogP contribution is 2.17. The molecule has 0 aromatic heterocycles. The summed E-state index contributed by atoms with van der Waals surface area (Å²) in [6.07, 6.45) is -1.16. The van der Waals surface area contributed by atoms with Crippen molar-refractivity contribution in [3.8, 4) is 5.75 Å². The Morgan fingerprint density at radius 3 is 2.58 bits per heavy atom. The second kappa shape index (κ2) is 8.26. The van der Waals surface area contributed by atoms with Gasteiger partial charge < -0.3 is 20.5 Å². The van der Waals surface area contributed by atoms with E-state index in [0.29, 0.717) is 5.56 Å². The fraction of sp³-hybridized carbons (Fsp3) is 0.235. The lowest BCUT2D eigenvalue weighted by atomic mass is 10.1. The molecule has 5 nitrogen and oxygen atoms in total. The summed E-state index contributed by atoms with van der Waals surface area (Å²) < 4.78 is 31.8. The van der Waals surface area contributed by atoms with Crippen LogP contribution in [0.15, 0.2) is 42.5 Å². The summed E-state index contributed by atoms with van der Waals surface area (Å²) in [5.41, 5.74) is 0.660. The first-order chi connectivity index (χ1) is 11.5. The Morgan fingerprint density at radius 2 is 1.92 bits per heavy atom. The Kier molecular flexibility index (Phi) is 6.08. The Bertz CT molecular complexity index is 710. The summed E-state index contributed by atoms with van der Waals surface area (Å²) in [6.45, 7) is -0.0493. The topological polar surface area (TPSA) is 70.6 Å². The number of hydrogen-bond acceptors (Lipinski definition) is 3. The predicted octanol–water partition coefficient (Wildman–Crippen LogP) is 2.51. The Hall–Kier alpha value is -2.67. The molecule has 1 atom stereocenters. The van der Waals surface area contributed by atoms with E-state index in [9.17, 15) is 18.7 Å². The van der Waals surface area contributed by atoms with Crippen LogP contribution in [0, 0.1) is 11.6 Å². The summed E-state index contributed by atoms with van der Waals surface area (Å²) in [5.74, 6) is -0.940. The van der Waals surface area contributed by atoms with Gasteiger partial charge in [0.2, 0.25) is 0 Å². The van der Waals surface area contributed by atoms with Gasteiger partial charge in [-0.15, -0.1) is 0 Å². The fourth-order valence-corrected chi connectivity index (χ4v) is 2.11. The molecular formula is C17H18F2N2O3. The zero-order chi connectivity index (χ0) is 17.5. The van der Waals surface area contributed by atoms with E-state index in [1.165, 1.54) is 37.4 Å². The van der Waals surface area contributed by atoms with Crippen molar-refractivity contribution in [2.75, 3.05) is 13.7 Å². The normalized spacial score (nSPS) is 11.7. The molecule has 24 heavy (non-hydrogen) atoms. The van der Waals surface area contributed by atoms with Crippen LogP contribution in [0.1, 0.15) is 17.2 Å². The van der Waals surface area contributed by atoms with Gasteiger partial charge in [0.15, 0.2) is 11.6 Å². The van der Waals surface area contributed by atoms with Crippen LogP contribution in [-0.4, -0.2) is 24.8 Å². The highest BCUT2D eigenvalue weighted by molar-refractivity contribution is 5.73. The highest BCUT2D eigenvalue weighted by atomic mass is 19.1. The van der Waals surface area contributed by atoms with Gasteiger partial charge in [0.1, 0.15) is 5.82 Å². The third-order valence-electron chi connectivity index (χ3n) is 3.39. The number of halogens is 2. The standard InChI is InChI=1S/C17H18F2N2O3/c1-24-16-7-6-11(8-14(16)19)9-20-17(23)21-10-15(22)12-4-2-3-5-13(12)18/h2-8,15,22H,9-10H2,1H3,(H2,20,21,23). The number of ether oxygens (including phenoxy) is 1. The van der Waals surface area contributed by atoms with Crippen LogP contribution in [0.5, 0.6) is 5.75 Å². The number of rotatable bonds is 6. The molecule has 128 valence electrons. The van der Waals surface area contributed by atoms with Crippen molar-refractivity contribution in [2.24, 2.45) is 0 Å². The first-order valence-corrected chi connectivity index (χ1v) is 7.28. The third-order valence-corrected chi connectivity index (χ3v) is 3.39. The first-order valence-electron chi connectivity index (χ1n) is 7.28. The zero-order valence-corrected chi connectivity index (χ0v) is 13.1. The molecule has 2 aromatic carbocycles. The number of nitrogens with one attached hydrogen (secondary N) is 2. The van der Waals surface area contributed by atoms with E-state index in [2.05, 4.69) is 10.6 Å². The number of aliphatic hydroxyl groups excluding tert-OH is 1. The molecule has 0 radical (unpaired) electrons. The van der Waals surface area contributed by atoms with Gasteiger partial charge >= 0.3 is 6.03 Å². The number of carbonyl (C=O) groups is 1. The number of benzene rings is 2. The fourth-order valence-electron chi connectivity index (χ4n) is 2.11. The molecule has 0 bridgehead atoms. The van der Waals surface area contributed by atoms with E-state index in [-0.39, 0.29) is 24.4 Å². The number of amides is 2. The van der Waals surface area contributed by atoms with Crippen molar-refractivity contribution in [1.82, 2.24) is 10.6 Å². The molecule has 0 aliphatic carbocycles. The van der Waals surface area contributed by atoms with E-state index in [4.69, 9.17) is 4.74 Å². The summed E-state index contributed by atoms with van der Waals surface area (Å²) in [6, 6.07) is 9.58. The molecule has 0 fully saturated rings. The zero-order valence-electron chi connectivity index (χ0n) is 13.1. The quantitative estimate of drug-likeness (QED) is 0.759. The second-order valence-electron chi connectivity index (χ2n) is 5.07. The predicted molar refractivity (Wildman–Crippen MR) is 84.6 cm³/mol. The molecule has 0 spiro atoms. The molecule has 3 N–H and O–H groups in total. The highest BCUT2D eigenvalue weighted by Gasteiger charge is 2.13. The molecule has 2 aromatic rings. The van der Waals surface area contributed by atoms with E-state index in [1.807, 2.05) is 0 Å². The Balaban J connectivity index is 1.81. The lowest BCUT2D eigenvalue weighted by molar-refractivity contribution is 0.169. The molecule has 0 aliphatic rings. The average Bonchev–Trinajstić information content (AvgIpc) is 2.58. The van der Waals surface area contributed by atoms with Crippen LogP contribution in [-0.2, 0) is 6.54 Å². The number of aliphatic hydroxyl groups is 1. The van der Waals surface area contributed by atoms with Crippen LogP contribution in [0.25, 0.3) is 0 Å². The van der Waals surface area contributed by atoms with Gasteiger partial charge in [-0.05, 0) is 23.8 Å². The lowest BCUT2D eigenvalue weighted by Crippen LogP contribution is -2.37. The van der Waals surface area contributed by atoms with Crippen molar-refractivity contribution in [1.29, 1.82) is 0 Å². The van der Waals surface area contributed by atoms with E-state index >= 15 is 0 Å². The molecule has 1 unspecified atom stereocenters. The van der Waals surface area contributed by atoms with E-state index in [1.54, 1.807) is 12.1 Å². The van der Waals surface area contributed by atoms with E-state index in [0.717, 1.165) is 0 Å². The van der Waals surface area contributed by atoms with Gasteiger partial charge in [-0.2, -0.15) is 0 Å². The Morgan fingerprint density at radius 1 is 1.17 bits per heavy atom. The molecule has 0 aliphatic heterocycles. The minimum atomic E-state index is -1.16. The van der Waals surface area contributed by atoms with E-state index < -0.39 is 23.8 Å². The van der Waals surface area contributed by atoms with Gasteiger partial charge in [-0.25, -0.2) is 13.6 Å². The van der Waals surface area contributed by atoms with Crippen LogP contribution in [0.4, 0.5) is 13.6 Å². The molecule has 2 rings (SSSR count). The van der Waals surface area contributed by atoms with Gasteiger partial charge in [-0.3, -0.25) is 0 Å². The average molecular weight is 336 g/mol. The maximum atomic E-state index is 13.5. The summed E-state index contributed by atoms with van der Waals surface area (Å²) >= 11 is 0. The molecular weight excluding hydrogens is 318 g/mol. The minimum Gasteiger partial charge on any atom is -0.494 e. The van der Waals surface area contributed by atoms with Gasteiger partial charge in [0.05, 0.1) is 13.2 Å². The van der Waals surface area contributed by atoms with Crippen LogP contribution in [0.3, 0.4) is 0 Å². The number of urea groups is 1. The maximum absolute atomic E-state index is 13.5. The number of hydrogen-bond donors (Lipinski definition) is 3. The third kappa shape index (κ3) is 4.66. The van der Waals surface area contributed by atoms with Crippen molar-refractivity contribution in [2.45, 2.75) is 12.6 Å². The number of methoxy groups -OCH3 is 1. The molecule has 7 heteroatoms. The van der Waals surface area contributed by atoms with Gasteiger partial charge in [-0.1, -0.05) is 24.3 Å². The van der Waals surface area contributed by atoms with Gasteiger partial charge in [0.25, 0.3) is 0 Å². The monoisotopic (exact) mass is 336 g/mol. The lowest BCUT2D eigenvalue weighted by Gasteiger charge is -2.13. The Labute approximate surface area is 138 Å². The van der Waals surface area contributed by atoms with Crippen LogP contribution in [0.2, 0.25) is 0 Å². The molecule has 0 heterocycles. The maximum Gasteiger partial charge on any atom is 0.315 e. The molecule has 2 amide bonds. The van der Waals surface area contributed by atoms with Crippen molar-refractivity contribution in [3.05, 3.63) is 65.2 Å². The summed E-state index contributed by atoms with van der Waals surface area (Å²) in [7, 11) is 1.37. The van der Waals surface area contributed by atoms with Crippen molar-refractivity contribution >= 4 is 6.03 Å². The SMILES string of the molecule is COc1ccc(CNC(=O)NCC(O)c2ccccc2F)cc1F. The smallest absolute Gasteiger partial charge is 0.315 e. The minimum absolute atomic E-state index is 0.0997. The van der Waals surface area contributed by atoms with Crippen molar-refractivity contribution < 1.29 is 23.4 Å². The number of carbonyl (C=O) groups excluding carboxylic acids is 1. The molecule has 0 saturated heterocycles. The molecule has 0 saturated carbocycles. The van der Waals surface area contributed by atoms with Crippen LogP contribution < -0.4 is 15.4 Å². The second-order valence-corrected chi connectivity index (χ2v) is 5.07. The largest absolute Gasteiger partial charge is 0.494 e. The van der Waals surface area contributed by atoms with Crippen LogP contribution >= 0.6 is 0 Å². The first kappa shape index (κ1) is 17.7. The summed E-state index contributed by atoms with van der Waals surface area (Å²) in [5, 5.41) is 14.8. The summed E-state index contributed by atoms with van der Waals surface area (Å²) in [4.78, 5) is 11.7. The van der Waals surface area contributed by atoms with Crippen molar-refractivity contribution in [3.63, 3.8) is 0 Å². The van der Waals surface area contributed by atoms with Gasteiger partial charge in [0, 0.05) is 18.7 Å².